The minimum Gasteiger partial charge on any atom is -0.311 e. The molecule has 2 heteroatoms. The van der Waals surface area contributed by atoms with Crippen LogP contribution in [0.1, 0.15) is 22.3 Å². The Hall–Kier alpha value is -7.94. The van der Waals surface area contributed by atoms with Gasteiger partial charge in [0.15, 0.2) is 0 Å². The van der Waals surface area contributed by atoms with Gasteiger partial charge in [0.05, 0.1) is 11.1 Å². The van der Waals surface area contributed by atoms with E-state index in [4.69, 9.17) is 0 Å². The summed E-state index contributed by atoms with van der Waals surface area (Å²) in [6.07, 6.45) is 0. The van der Waals surface area contributed by atoms with Crippen LogP contribution in [-0.2, 0) is 5.41 Å². The van der Waals surface area contributed by atoms with E-state index in [9.17, 15) is 0 Å². The summed E-state index contributed by atoms with van der Waals surface area (Å²) in [4.78, 5) is 4.79. The van der Waals surface area contributed by atoms with Crippen molar-refractivity contribution in [1.29, 1.82) is 0 Å². The summed E-state index contributed by atoms with van der Waals surface area (Å²) in [5, 5.41) is 2.54. The van der Waals surface area contributed by atoms with E-state index in [2.05, 4.69) is 252 Å². The lowest BCUT2D eigenvalue weighted by Crippen LogP contribution is -2.26. The van der Waals surface area contributed by atoms with Crippen LogP contribution in [0.4, 0.5) is 34.1 Å². The maximum Gasteiger partial charge on any atom is 0.0732 e. The fraction of sp³-hybridized carbons (Fsp3) is 0.0169. The molecule has 0 aromatic heterocycles. The van der Waals surface area contributed by atoms with Crippen molar-refractivity contribution in [3.63, 3.8) is 0 Å². The lowest BCUT2D eigenvalue weighted by atomic mass is 9.69. The zero-order valence-corrected chi connectivity index (χ0v) is 33.5. The van der Waals surface area contributed by atoms with Crippen LogP contribution in [0.25, 0.3) is 44.2 Å². The van der Waals surface area contributed by atoms with Crippen LogP contribution >= 0.6 is 0 Å². The van der Waals surface area contributed by atoms with E-state index >= 15 is 0 Å². The normalized spacial score (nSPS) is 14.3. The van der Waals surface area contributed by atoms with Crippen molar-refractivity contribution >= 4 is 44.9 Å². The quantitative estimate of drug-likeness (QED) is 0.159. The summed E-state index contributed by atoms with van der Waals surface area (Å²) in [7, 11) is 0. The van der Waals surface area contributed by atoms with Crippen molar-refractivity contribution in [2.24, 2.45) is 0 Å². The summed E-state index contributed by atoms with van der Waals surface area (Å²) < 4.78 is 0. The van der Waals surface area contributed by atoms with Gasteiger partial charge < -0.3 is 9.80 Å². The van der Waals surface area contributed by atoms with Gasteiger partial charge in [0.2, 0.25) is 0 Å². The number of para-hydroxylation sites is 4. The Morgan fingerprint density at radius 1 is 0.295 bits per heavy atom. The van der Waals surface area contributed by atoms with E-state index in [1.807, 2.05) is 0 Å². The smallest absolute Gasteiger partial charge is 0.0732 e. The number of nitrogens with zero attached hydrogens (tertiary/aromatic N) is 2. The molecule has 0 bridgehead atoms. The van der Waals surface area contributed by atoms with Gasteiger partial charge in [0, 0.05) is 34.0 Å². The van der Waals surface area contributed by atoms with Gasteiger partial charge in [-0.3, -0.25) is 0 Å². The lowest BCUT2D eigenvalue weighted by molar-refractivity contribution is 0.801. The first-order valence-electron chi connectivity index (χ1n) is 21.1. The molecule has 10 aromatic rings. The molecule has 286 valence electrons. The predicted molar refractivity (Wildman–Crippen MR) is 255 cm³/mol. The van der Waals surface area contributed by atoms with E-state index in [-0.39, 0.29) is 0 Å². The lowest BCUT2D eigenvalue weighted by Gasteiger charge is -2.33. The Labute approximate surface area is 356 Å². The highest BCUT2D eigenvalue weighted by Gasteiger charge is 2.53. The molecule has 0 saturated carbocycles. The molecule has 2 nitrogen and oxygen atoms in total. The largest absolute Gasteiger partial charge is 0.311 e. The molecular formula is C59H40N2. The monoisotopic (exact) mass is 776 g/mol. The Balaban J connectivity index is 1.17. The minimum atomic E-state index is -0.556. The van der Waals surface area contributed by atoms with Crippen LogP contribution in [0.3, 0.4) is 0 Å². The Morgan fingerprint density at radius 3 is 1.38 bits per heavy atom. The van der Waals surface area contributed by atoms with Crippen LogP contribution in [0.15, 0.2) is 243 Å². The number of hydrogen-bond acceptors (Lipinski definition) is 2. The van der Waals surface area contributed by atoms with Crippen LogP contribution in [-0.4, -0.2) is 0 Å². The summed E-state index contributed by atoms with van der Waals surface area (Å²) in [5.41, 5.74) is 18.9. The zero-order valence-electron chi connectivity index (χ0n) is 33.5. The van der Waals surface area contributed by atoms with Crippen molar-refractivity contribution in [1.82, 2.24) is 0 Å². The predicted octanol–water partition coefficient (Wildman–Crippen LogP) is 15.8. The molecule has 10 aromatic carbocycles. The van der Waals surface area contributed by atoms with Gasteiger partial charge >= 0.3 is 0 Å². The fourth-order valence-electron chi connectivity index (χ4n) is 10.3. The molecule has 0 radical (unpaired) electrons. The summed E-state index contributed by atoms with van der Waals surface area (Å²) >= 11 is 0. The number of benzene rings is 10. The third-order valence-electron chi connectivity index (χ3n) is 12.8. The maximum atomic E-state index is 2.52. The Kier molecular flexibility index (Phi) is 8.11. The van der Waals surface area contributed by atoms with Crippen molar-refractivity contribution in [2.75, 3.05) is 9.80 Å². The molecule has 2 aliphatic carbocycles. The number of anilines is 6. The SMILES string of the molecule is c1ccc(N(c2ccccc2)c2ccc(-c3cc(N(c4ccccc4)c4ccccc4)c4c(c3)C3(c5ccccc5-c5ccc6ccccc6c53)c3ccccc3-4)cc2)cc1. The molecule has 1 unspecified atom stereocenters. The van der Waals surface area contributed by atoms with Gasteiger partial charge in [-0.15, -0.1) is 0 Å². The van der Waals surface area contributed by atoms with Crippen molar-refractivity contribution in [2.45, 2.75) is 5.41 Å². The average molecular weight is 777 g/mol. The third kappa shape index (κ3) is 5.36. The van der Waals surface area contributed by atoms with E-state index in [1.54, 1.807) is 0 Å². The van der Waals surface area contributed by atoms with Gasteiger partial charge in [-0.1, -0.05) is 170 Å². The molecule has 0 heterocycles. The minimum absolute atomic E-state index is 0.556. The van der Waals surface area contributed by atoms with E-state index < -0.39 is 5.41 Å². The molecule has 2 aliphatic rings. The Bertz CT molecular complexity index is 3150. The second-order valence-electron chi connectivity index (χ2n) is 16.0. The second-order valence-corrected chi connectivity index (χ2v) is 16.0. The first kappa shape index (κ1) is 35.0. The van der Waals surface area contributed by atoms with Gasteiger partial charge in [0.1, 0.15) is 0 Å². The molecule has 0 aliphatic heterocycles. The topological polar surface area (TPSA) is 6.48 Å². The van der Waals surface area contributed by atoms with Crippen LogP contribution in [0.2, 0.25) is 0 Å². The summed E-state index contributed by atoms with van der Waals surface area (Å²) in [6, 6.07) is 89.0. The van der Waals surface area contributed by atoms with Crippen LogP contribution in [0.5, 0.6) is 0 Å². The number of fused-ring (bicyclic) bond motifs is 12. The van der Waals surface area contributed by atoms with Gasteiger partial charge in [-0.25, -0.2) is 0 Å². The molecule has 61 heavy (non-hydrogen) atoms. The molecule has 0 amide bonds. The first-order valence-corrected chi connectivity index (χ1v) is 21.1. The van der Waals surface area contributed by atoms with Gasteiger partial charge in [-0.05, 0) is 134 Å². The Morgan fingerprint density at radius 2 is 0.770 bits per heavy atom. The van der Waals surface area contributed by atoms with Crippen molar-refractivity contribution in [3.8, 4) is 33.4 Å². The van der Waals surface area contributed by atoms with Crippen LogP contribution in [0, 0.1) is 0 Å². The molecule has 0 saturated heterocycles. The third-order valence-corrected chi connectivity index (χ3v) is 12.8. The number of hydrogen-bond donors (Lipinski definition) is 0. The number of rotatable bonds is 7. The second kappa shape index (κ2) is 14.1. The van der Waals surface area contributed by atoms with Crippen molar-refractivity contribution in [3.05, 3.63) is 265 Å². The highest BCUT2D eigenvalue weighted by molar-refractivity contribution is 6.07. The maximum absolute atomic E-state index is 2.52. The highest BCUT2D eigenvalue weighted by Crippen LogP contribution is 2.66. The first-order chi connectivity index (χ1) is 30.3. The molecule has 1 atom stereocenters. The average Bonchev–Trinajstić information content (AvgIpc) is 3.81. The van der Waals surface area contributed by atoms with E-state index in [1.165, 1.54) is 60.8 Å². The molecule has 0 N–H and O–H groups in total. The summed E-state index contributed by atoms with van der Waals surface area (Å²) in [5.74, 6) is 0. The van der Waals surface area contributed by atoms with Crippen LogP contribution < -0.4 is 9.80 Å². The zero-order chi connectivity index (χ0) is 40.3. The van der Waals surface area contributed by atoms with E-state index in [0.717, 1.165) is 39.7 Å². The van der Waals surface area contributed by atoms with Gasteiger partial charge in [-0.2, -0.15) is 0 Å². The molecular weight excluding hydrogens is 737 g/mol. The summed E-state index contributed by atoms with van der Waals surface area (Å²) in [6.45, 7) is 0. The molecule has 1 spiro atoms. The van der Waals surface area contributed by atoms with Gasteiger partial charge in [0.25, 0.3) is 0 Å². The standard InChI is InChI=1S/C59H40N2/c1-5-20-44(21-6-1)60(45-22-7-2-8-23-45)48-36-33-41(34-37-48)43-39-55-57(56(40-43)61(46-24-9-3-10-25-46)47-26-11-4-12-27-47)52-30-16-18-32-54(52)59(55)53-31-17-15-29-50(53)51-38-35-42-19-13-14-28-49(42)58(51)59/h1-40H. The molecule has 0 fully saturated rings. The van der Waals surface area contributed by atoms with Crippen molar-refractivity contribution < 1.29 is 0 Å². The fourth-order valence-corrected chi connectivity index (χ4v) is 10.3. The highest BCUT2D eigenvalue weighted by atomic mass is 15.1. The van der Waals surface area contributed by atoms with E-state index in [0.29, 0.717) is 0 Å². The molecule has 12 rings (SSSR count).